The summed E-state index contributed by atoms with van der Waals surface area (Å²) in [5, 5.41) is 10.0. The number of aliphatic carboxylic acids is 1. The van der Waals surface area contributed by atoms with Gasteiger partial charge in [0.15, 0.2) is 26.2 Å². The van der Waals surface area contributed by atoms with Gasteiger partial charge in [0.25, 0.3) is 9.84 Å². The monoisotopic (exact) mass is 535 g/mol. The average molecular weight is 536 g/mol. The summed E-state index contributed by atoms with van der Waals surface area (Å²) < 4.78 is 39.2. The van der Waals surface area contributed by atoms with Gasteiger partial charge in [-0.15, -0.1) is 0 Å². The van der Waals surface area contributed by atoms with E-state index in [-0.39, 0.29) is 17.4 Å². The number of hydrogen-bond acceptors (Lipinski definition) is 7. The van der Waals surface area contributed by atoms with Crippen molar-refractivity contribution in [1.82, 2.24) is 4.48 Å². The number of thioether (sulfide) groups is 1. The highest BCUT2D eigenvalue weighted by Crippen LogP contribution is 2.58. The van der Waals surface area contributed by atoms with Gasteiger partial charge in [0.05, 0.1) is 23.9 Å². The number of rotatable bonds is 4. The van der Waals surface area contributed by atoms with Crippen molar-refractivity contribution in [3.63, 3.8) is 0 Å². The van der Waals surface area contributed by atoms with Crippen LogP contribution in [0.15, 0.2) is 34.2 Å². The molecule has 1 N–H and O–H groups in total. The van der Waals surface area contributed by atoms with Crippen molar-refractivity contribution in [3.8, 4) is 0 Å². The summed E-state index contributed by atoms with van der Waals surface area (Å²) in [4.78, 5) is 13.1. The first-order valence-corrected chi connectivity index (χ1v) is 13.6. The zero-order chi connectivity index (χ0) is 22.1. The minimum absolute atomic E-state index is 0.105. The van der Waals surface area contributed by atoms with E-state index >= 15 is 0 Å². The van der Waals surface area contributed by atoms with Crippen molar-refractivity contribution in [2.24, 2.45) is 0 Å². The second-order valence-corrected chi connectivity index (χ2v) is 12.9. The molecule has 2 aliphatic rings. The van der Waals surface area contributed by atoms with Gasteiger partial charge < -0.3 is 9.66 Å². The number of fused-ring (bicyclic) bond motifs is 3. The molecule has 2 aromatic heterocycles. The maximum absolute atomic E-state index is 12.1. The summed E-state index contributed by atoms with van der Waals surface area (Å²) >= 11 is 16.3. The van der Waals surface area contributed by atoms with Gasteiger partial charge in [0.2, 0.25) is 6.54 Å². The lowest BCUT2D eigenvalue weighted by molar-refractivity contribution is -0.655. The highest BCUT2D eigenvalue weighted by molar-refractivity contribution is 8.03. The second kappa shape index (κ2) is 7.42. The SMILES string of the molecule is O=C(O)C[n+]1c(/C=C2\Sc3ccc(Cl)cc3[N+]23CCC3S(=O)(=O)[O-])sc2cc(Cl)sc21. The summed E-state index contributed by atoms with van der Waals surface area (Å²) in [6, 6.07) is 7.02. The molecule has 1 spiro atoms. The van der Waals surface area contributed by atoms with E-state index in [9.17, 15) is 22.9 Å². The van der Waals surface area contributed by atoms with E-state index in [0.29, 0.717) is 31.6 Å². The number of benzene rings is 1. The van der Waals surface area contributed by atoms with Crippen LogP contribution in [0.3, 0.4) is 0 Å². The van der Waals surface area contributed by atoms with Crippen LogP contribution in [0.4, 0.5) is 5.69 Å². The summed E-state index contributed by atoms with van der Waals surface area (Å²) in [5.74, 6) is -1.00. The second-order valence-electron chi connectivity index (χ2n) is 7.17. The van der Waals surface area contributed by atoms with E-state index in [1.165, 1.54) is 34.4 Å². The third-order valence-corrected chi connectivity index (χ3v) is 10.6. The van der Waals surface area contributed by atoms with Crippen LogP contribution in [-0.4, -0.2) is 36.0 Å². The average Bonchev–Trinajstić information content (AvgIpc) is 3.23. The molecule has 2 aliphatic heterocycles. The maximum atomic E-state index is 12.1. The lowest BCUT2D eigenvalue weighted by atomic mass is 10.1. The Morgan fingerprint density at radius 1 is 1.32 bits per heavy atom. The largest absolute Gasteiger partial charge is 0.743 e. The van der Waals surface area contributed by atoms with Gasteiger partial charge in [-0.1, -0.05) is 45.9 Å². The fraction of sp³-hybridized carbons (Fsp3) is 0.222. The summed E-state index contributed by atoms with van der Waals surface area (Å²) in [5.41, 5.74) is 0.686. The van der Waals surface area contributed by atoms with E-state index in [0.717, 1.165) is 14.4 Å². The number of carboxylic acid groups (broad SMARTS) is 1. The Balaban J connectivity index is 1.71. The van der Waals surface area contributed by atoms with Crippen LogP contribution >= 0.6 is 57.6 Å². The molecular weight excluding hydrogens is 523 g/mol. The maximum Gasteiger partial charge on any atom is 0.370 e. The van der Waals surface area contributed by atoms with Gasteiger partial charge in [0.1, 0.15) is 9.04 Å². The van der Waals surface area contributed by atoms with Gasteiger partial charge >= 0.3 is 5.97 Å². The van der Waals surface area contributed by atoms with Gasteiger partial charge in [-0.05, 0) is 30.0 Å². The van der Waals surface area contributed by atoms with Crippen LogP contribution in [-0.2, 0) is 21.5 Å². The van der Waals surface area contributed by atoms with Gasteiger partial charge in [-0.3, -0.25) is 0 Å². The molecule has 4 heterocycles. The van der Waals surface area contributed by atoms with Crippen molar-refractivity contribution in [3.05, 3.63) is 43.7 Å². The zero-order valence-electron chi connectivity index (χ0n) is 15.4. The molecule has 2 unspecified atom stereocenters. The van der Waals surface area contributed by atoms with E-state index in [2.05, 4.69) is 0 Å². The van der Waals surface area contributed by atoms with Crippen LogP contribution < -0.4 is 9.05 Å². The van der Waals surface area contributed by atoms with Crippen molar-refractivity contribution in [2.75, 3.05) is 6.54 Å². The smallest absolute Gasteiger partial charge is 0.370 e. The highest BCUT2D eigenvalue weighted by atomic mass is 35.5. The first kappa shape index (κ1) is 21.7. The Morgan fingerprint density at radius 2 is 2.10 bits per heavy atom. The Labute approximate surface area is 199 Å². The minimum Gasteiger partial charge on any atom is -0.743 e. The number of aromatic nitrogens is 1. The van der Waals surface area contributed by atoms with Crippen LogP contribution in [0.1, 0.15) is 11.4 Å². The summed E-state index contributed by atoms with van der Waals surface area (Å²) in [7, 11) is -4.58. The van der Waals surface area contributed by atoms with Gasteiger partial charge in [0, 0.05) is 11.1 Å². The van der Waals surface area contributed by atoms with Crippen LogP contribution in [0.25, 0.3) is 15.6 Å². The number of carboxylic acids is 1. The molecule has 1 fully saturated rings. The fourth-order valence-electron chi connectivity index (χ4n) is 4.10. The number of thiazole rings is 1. The zero-order valence-corrected chi connectivity index (χ0v) is 20.2. The lowest BCUT2D eigenvalue weighted by Crippen LogP contribution is -2.66. The topological polar surface area (TPSA) is 98.4 Å². The number of quaternary nitrogens is 1. The standard InChI is InChI=1S/C18H12Cl2N2O5S4/c19-9-1-2-11-10(5-9)22(4-3-16(22)31(25,26)27)15(29-11)7-14-21(8-17(23)24)18-12(28-14)6-13(20)30-18/h1-2,5-7,16H,3-4,8H2/p+1/b15-7-. The van der Waals surface area contributed by atoms with Crippen molar-refractivity contribution in [2.45, 2.75) is 23.2 Å². The highest BCUT2D eigenvalue weighted by Gasteiger charge is 2.60. The first-order chi connectivity index (χ1) is 14.6. The summed E-state index contributed by atoms with van der Waals surface area (Å²) in [6.07, 6.45) is 2.05. The van der Waals surface area contributed by atoms with Crippen LogP contribution in [0.5, 0.6) is 0 Å². The molecule has 0 bridgehead atoms. The predicted molar refractivity (Wildman–Crippen MR) is 123 cm³/mol. The molecule has 0 aliphatic carbocycles. The van der Waals surface area contributed by atoms with Crippen molar-refractivity contribution in [1.29, 1.82) is 0 Å². The third kappa shape index (κ3) is 3.42. The van der Waals surface area contributed by atoms with Crippen LogP contribution in [0.2, 0.25) is 9.36 Å². The molecule has 1 saturated heterocycles. The Kier molecular flexibility index (Phi) is 5.18. The molecule has 31 heavy (non-hydrogen) atoms. The third-order valence-electron chi connectivity index (χ3n) is 5.43. The number of thiophene rings is 1. The van der Waals surface area contributed by atoms with E-state index in [4.69, 9.17) is 23.2 Å². The van der Waals surface area contributed by atoms with Crippen LogP contribution in [0, 0.1) is 0 Å². The van der Waals surface area contributed by atoms with Crippen molar-refractivity contribution < 1.29 is 27.4 Å². The number of carbonyl (C=O) groups is 1. The molecule has 2 atom stereocenters. The fourth-order valence-corrected chi connectivity index (χ4v) is 9.51. The Morgan fingerprint density at radius 3 is 2.74 bits per heavy atom. The van der Waals surface area contributed by atoms with E-state index in [1.807, 2.05) is 6.07 Å². The van der Waals surface area contributed by atoms with E-state index < -0.39 is 21.5 Å². The number of nitrogens with zero attached hydrogens (tertiary/aromatic N) is 2. The Hall–Kier alpha value is -1.18. The molecule has 13 heteroatoms. The normalized spacial score (nSPS) is 24.1. The molecule has 1 aromatic carbocycles. The van der Waals surface area contributed by atoms with Crippen molar-refractivity contribution >= 4 is 95.0 Å². The molecule has 0 radical (unpaired) electrons. The Bertz CT molecular complexity index is 1400. The number of hydrogen-bond donors (Lipinski definition) is 1. The molecule has 3 aromatic rings. The molecule has 7 nitrogen and oxygen atoms in total. The molecule has 5 rings (SSSR count). The van der Waals surface area contributed by atoms with E-state index in [1.54, 1.807) is 28.8 Å². The first-order valence-electron chi connectivity index (χ1n) is 8.96. The molecule has 162 valence electrons. The molecule has 0 saturated carbocycles. The minimum atomic E-state index is -4.58. The summed E-state index contributed by atoms with van der Waals surface area (Å²) in [6.45, 7) is 0.186. The number of halogens is 2. The molecular formula is C18H13Cl2N2O5S4+. The predicted octanol–water partition coefficient (Wildman–Crippen LogP) is 4.33. The van der Waals surface area contributed by atoms with Gasteiger partial charge in [-0.25, -0.2) is 17.7 Å². The molecule has 0 amide bonds. The quantitative estimate of drug-likeness (QED) is 0.303. The van der Waals surface area contributed by atoms with Gasteiger partial charge in [-0.2, -0.15) is 4.57 Å². The lowest BCUT2D eigenvalue weighted by Gasteiger charge is -2.49.